The molecule has 1 heterocycles. The summed E-state index contributed by atoms with van der Waals surface area (Å²) >= 11 is 0. The van der Waals surface area contributed by atoms with Crippen molar-refractivity contribution in [2.45, 2.75) is 6.42 Å². The molecule has 0 aliphatic heterocycles. The van der Waals surface area contributed by atoms with Crippen LogP contribution < -0.4 is 10.7 Å². The molecule has 0 fully saturated rings. The summed E-state index contributed by atoms with van der Waals surface area (Å²) in [5.41, 5.74) is -0.418. The molecule has 7 heteroatoms. The van der Waals surface area contributed by atoms with Crippen molar-refractivity contribution in [1.82, 2.24) is 15.2 Å². The molecule has 0 aliphatic rings. The van der Waals surface area contributed by atoms with Gasteiger partial charge in [-0.3, -0.25) is 9.59 Å². The van der Waals surface area contributed by atoms with Crippen LogP contribution in [0.4, 0.5) is 8.78 Å². The van der Waals surface area contributed by atoms with E-state index in [1.807, 2.05) is 19.0 Å². The Morgan fingerprint density at radius 2 is 1.92 bits per heavy atom. The van der Waals surface area contributed by atoms with Crippen LogP contribution in [0.15, 0.2) is 35.1 Å². The predicted octanol–water partition coefficient (Wildman–Crippen LogP) is 2.64. The van der Waals surface area contributed by atoms with Gasteiger partial charge in [-0.05, 0) is 51.3 Å². The molecule has 3 rings (SSSR count). The second-order valence-electron chi connectivity index (χ2n) is 6.41. The second-order valence-corrected chi connectivity index (χ2v) is 6.41. The number of nitrogens with zero attached hydrogens (tertiary/aromatic N) is 1. The highest BCUT2D eigenvalue weighted by Gasteiger charge is 2.17. The Kier molecular flexibility index (Phi) is 4.99. The SMILES string of the molecule is CN(C)CCCNC(=O)c1cc(F)cc2c(=O)c3cccc(F)c3[nH]c12. The number of benzene rings is 2. The highest BCUT2D eigenvalue weighted by atomic mass is 19.1. The predicted molar refractivity (Wildman–Crippen MR) is 97.5 cm³/mol. The van der Waals surface area contributed by atoms with Crippen LogP contribution in [0.3, 0.4) is 0 Å². The van der Waals surface area contributed by atoms with Gasteiger partial charge in [0.25, 0.3) is 5.91 Å². The van der Waals surface area contributed by atoms with Crippen LogP contribution in [0.5, 0.6) is 0 Å². The zero-order valence-corrected chi connectivity index (χ0v) is 14.5. The van der Waals surface area contributed by atoms with E-state index in [1.54, 1.807) is 0 Å². The molecule has 0 aliphatic carbocycles. The van der Waals surface area contributed by atoms with Gasteiger partial charge in [0.05, 0.1) is 16.6 Å². The standard InChI is InChI=1S/C19H19F2N3O2/c1-24(2)8-4-7-22-19(26)14-10-11(20)9-13-16(14)23-17-12(18(13)25)5-3-6-15(17)21/h3,5-6,9-10H,4,7-8H2,1-2H3,(H,22,26)(H,23,25). The number of amides is 1. The summed E-state index contributed by atoms with van der Waals surface area (Å²) < 4.78 is 28.1. The van der Waals surface area contributed by atoms with Gasteiger partial charge in [0.15, 0.2) is 5.43 Å². The van der Waals surface area contributed by atoms with Crippen LogP contribution >= 0.6 is 0 Å². The monoisotopic (exact) mass is 359 g/mol. The summed E-state index contributed by atoms with van der Waals surface area (Å²) in [7, 11) is 3.85. The fourth-order valence-electron chi connectivity index (χ4n) is 2.90. The zero-order chi connectivity index (χ0) is 18.8. The molecule has 3 aromatic rings. The van der Waals surface area contributed by atoms with Gasteiger partial charge in [-0.2, -0.15) is 0 Å². The first-order valence-corrected chi connectivity index (χ1v) is 8.25. The first-order chi connectivity index (χ1) is 12.4. The summed E-state index contributed by atoms with van der Waals surface area (Å²) in [6.07, 6.45) is 0.722. The molecule has 1 aromatic heterocycles. The lowest BCUT2D eigenvalue weighted by molar-refractivity contribution is 0.0953. The van der Waals surface area contributed by atoms with Gasteiger partial charge in [-0.25, -0.2) is 8.78 Å². The maximum atomic E-state index is 14.1. The number of carbonyl (C=O) groups excluding carboxylic acids is 1. The number of pyridine rings is 1. The molecule has 2 N–H and O–H groups in total. The minimum Gasteiger partial charge on any atom is -0.352 e. The molecule has 136 valence electrons. The molecule has 0 saturated carbocycles. The molecule has 1 amide bonds. The normalized spacial score (nSPS) is 11.4. The van der Waals surface area contributed by atoms with Crippen molar-refractivity contribution in [3.8, 4) is 0 Å². The van der Waals surface area contributed by atoms with Crippen LogP contribution in [-0.4, -0.2) is 43.0 Å². The molecule has 0 unspecified atom stereocenters. The van der Waals surface area contributed by atoms with Crippen molar-refractivity contribution in [3.05, 3.63) is 57.8 Å². The van der Waals surface area contributed by atoms with Crippen molar-refractivity contribution in [1.29, 1.82) is 0 Å². The number of rotatable bonds is 5. The number of H-pyrrole nitrogens is 1. The fourth-order valence-corrected chi connectivity index (χ4v) is 2.90. The topological polar surface area (TPSA) is 65.2 Å². The van der Waals surface area contributed by atoms with Crippen molar-refractivity contribution >= 4 is 27.7 Å². The number of nitrogens with one attached hydrogen (secondary N) is 2. The summed E-state index contributed by atoms with van der Waals surface area (Å²) in [4.78, 5) is 29.9. The maximum Gasteiger partial charge on any atom is 0.253 e. The van der Waals surface area contributed by atoms with E-state index in [4.69, 9.17) is 0 Å². The molecule has 26 heavy (non-hydrogen) atoms. The molecule has 2 aromatic carbocycles. The van der Waals surface area contributed by atoms with E-state index in [0.29, 0.717) is 6.54 Å². The first kappa shape index (κ1) is 18.0. The van der Waals surface area contributed by atoms with Crippen molar-refractivity contribution in [2.24, 2.45) is 0 Å². The van der Waals surface area contributed by atoms with Gasteiger partial charge >= 0.3 is 0 Å². The molecular weight excluding hydrogens is 340 g/mol. The molecular formula is C19H19F2N3O2. The third-order valence-corrected chi connectivity index (χ3v) is 4.17. The highest BCUT2D eigenvalue weighted by Crippen LogP contribution is 2.21. The van der Waals surface area contributed by atoms with E-state index in [9.17, 15) is 18.4 Å². The Bertz CT molecular complexity index is 1040. The summed E-state index contributed by atoms with van der Waals surface area (Å²) in [6.45, 7) is 1.19. The molecule has 5 nitrogen and oxygen atoms in total. The van der Waals surface area contributed by atoms with Crippen LogP contribution in [0.1, 0.15) is 16.8 Å². The lowest BCUT2D eigenvalue weighted by Crippen LogP contribution is -2.27. The lowest BCUT2D eigenvalue weighted by Gasteiger charge is -2.12. The molecule has 0 bridgehead atoms. The van der Waals surface area contributed by atoms with Crippen molar-refractivity contribution < 1.29 is 13.6 Å². The van der Waals surface area contributed by atoms with Crippen LogP contribution in [-0.2, 0) is 0 Å². The summed E-state index contributed by atoms with van der Waals surface area (Å²) in [6, 6.07) is 6.20. The smallest absolute Gasteiger partial charge is 0.253 e. The van der Waals surface area contributed by atoms with Gasteiger partial charge in [-0.15, -0.1) is 0 Å². The van der Waals surface area contributed by atoms with Crippen LogP contribution in [0.2, 0.25) is 0 Å². The quantitative estimate of drug-likeness (QED) is 0.544. The van der Waals surface area contributed by atoms with Gasteiger partial charge < -0.3 is 15.2 Å². The van der Waals surface area contributed by atoms with E-state index in [2.05, 4.69) is 10.3 Å². The Morgan fingerprint density at radius 3 is 2.65 bits per heavy atom. The van der Waals surface area contributed by atoms with E-state index < -0.39 is 23.0 Å². The van der Waals surface area contributed by atoms with Crippen molar-refractivity contribution in [3.63, 3.8) is 0 Å². The van der Waals surface area contributed by atoms with E-state index in [-0.39, 0.29) is 27.4 Å². The Labute approximate surface area is 148 Å². The fraction of sp³-hybridized carbons (Fsp3) is 0.263. The number of hydrogen-bond donors (Lipinski definition) is 2. The number of fused-ring (bicyclic) bond motifs is 2. The van der Waals surface area contributed by atoms with Crippen LogP contribution in [0, 0.1) is 11.6 Å². The van der Waals surface area contributed by atoms with Gasteiger partial charge in [0.1, 0.15) is 11.6 Å². The zero-order valence-electron chi connectivity index (χ0n) is 14.5. The van der Waals surface area contributed by atoms with Gasteiger partial charge in [0, 0.05) is 17.3 Å². The molecule has 0 spiro atoms. The lowest BCUT2D eigenvalue weighted by atomic mass is 10.1. The Hall–Kier alpha value is -2.80. The maximum absolute atomic E-state index is 14.1. The van der Waals surface area contributed by atoms with E-state index in [0.717, 1.165) is 25.1 Å². The summed E-state index contributed by atoms with van der Waals surface area (Å²) in [5.74, 6) is -1.82. The molecule has 0 radical (unpaired) electrons. The third-order valence-electron chi connectivity index (χ3n) is 4.17. The van der Waals surface area contributed by atoms with Gasteiger partial charge in [0.2, 0.25) is 0 Å². The van der Waals surface area contributed by atoms with Crippen molar-refractivity contribution in [2.75, 3.05) is 27.2 Å². The Balaban J connectivity index is 2.08. The average molecular weight is 359 g/mol. The Morgan fingerprint density at radius 1 is 1.15 bits per heavy atom. The largest absolute Gasteiger partial charge is 0.352 e. The summed E-state index contributed by atoms with van der Waals surface area (Å²) in [5, 5.41) is 2.83. The average Bonchev–Trinajstić information content (AvgIpc) is 2.59. The number of halogens is 2. The second kappa shape index (κ2) is 7.21. The van der Waals surface area contributed by atoms with E-state index in [1.165, 1.54) is 18.2 Å². The highest BCUT2D eigenvalue weighted by molar-refractivity contribution is 6.07. The van der Waals surface area contributed by atoms with Crippen LogP contribution in [0.25, 0.3) is 21.8 Å². The van der Waals surface area contributed by atoms with E-state index >= 15 is 0 Å². The molecule has 0 atom stereocenters. The van der Waals surface area contributed by atoms with Gasteiger partial charge in [-0.1, -0.05) is 6.07 Å². The number of hydrogen-bond acceptors (Lipinski definition) is 3. The minimum atomic E-state index is -0.697. The number of aromatic amines is 1. The number of carbonyl (C=O) groups is 1. The molecule has 0 saturated heterocycles. The number of aromatic nitrogens is 1. The third kappa shape index (κ3) is 3.43. The number of para-hydroxylation sites is 1. The minimum absolute atomic E-state index is 0.00161. The first-order valence-electron chi connectivity index (χ1n) is 8.25.